The standard InChI is InChI=1S/C30H42N4O4SSi.F6P/c1-30(2,3)40(25-11-7-5-8-12-25,26-13-9-6-10-14-26)38-20-23-15-17-34-18-16-24(33-29(34)32-23)21-39-22-27(35)31-19-28(36)37-4;1-7(2,3,4,5)6/h5-14,23-24H,15-22H2,1-4H3,(H2,31,32,33,35);/q;-1/p+1. The third-order valence-corrected chi connectivity index (χ3v) is 13.7. The van der Waals surface area contributed by atoms with E-state index in [1.165, 1.54) is 17.5 Å². The molecule has 0 saturated carbocycles. The molecule has 3 N–H and O–H groups in total. The summed E-state index contributed by atoms with van der Waals surface area (Å²) < 4.78 is 73.3. The van der Waals surface area contributed by atoms with Gasteiger partial charge in [-0.3, -0.25) is 24.8 Å². The van der Waals surface area contributed by atoms with Gasteiger partial charge in [-0.2, -0.15) is 0 Å². The zero-order valence-electron chi connectivity index (χ0n) is 26.8. The van der Waals surface area contributed by atoms with Crippen LogP contribution < -0.4 is 26.3 Å². The van der Waals surface area contributed by atoms with Gasteiger partial charge in [0.25, 0.3) is 8.32 Å². The Labute approximate surface area is 276 Å². The maximum absolute atomic E-state index is 12.0. The molecule has 0 aromatic heterocycles. The van der Waals surface area contributed by atoms with Crippen molar-refractivity contribution in [3.63, 3.8) is 0 Å². The molecule has 4 rings (SSSR count). The molecule has 0 fully saturated rings. The van der Waals surface area contributed by atoms with Crippen LogP contribution in [0.25, 0.3) is 0 Å². The van der Waals surface area contributed by atoms with Gasteiger partial charge in [-0.1, -0.05) is 81.4 Å². The van der Waals surface area contributed by atoms with Crippen LogP contribution in [0.3, 0.4) is 0 Å². The van der Waals surface area contributed by atoms with E-state index in [9.17, 15) is 34.8 Å². The van der Waals surface area contributed by atoms with Gasteiger partial charge in [-0.25, -0.2) is 0 Å². The number of carbonyl (C=O) groups excluding carboxylic acids is 2. The molecule has 17 heteroatoms. The van der Waals surface area contributed by atoms with E-state index in [0.29, 0.717) is 12.4 Å². The first-order valence-corrected chi connectivity index (χ1v) is 20.1. The van der Waals surface area contributed by atoms with Crippen molar-refractivity contribution >= 4 is 56.1 Å². The molecule has 0 saturated heterocycles. The van der Waals surface area contributed by atoms with Crippen LogP contribution in [-0.4, -0.2) is 87.7 Å². The van der Waals surface area contributed by atoms with Crippen LogP contribution in [-0.2, 0) is 18.8 Å². The number of thioether (sulfide) groups is 1. The van der Waals surface area contributed by atoms with Crippen molar-refractivity contribution in [1.29, 1.82) is 0 Å². The van der Waals surface area contributed by atoms with Gasteiger partial charge in [0.05, 0.1) is 44.6 Å². The zero-order chi connectivity index (χ0) is 35.0. The summed E-state index contributed by atoms with van der Waals surface area (Å²) in [6.07, 6.45) is 2.04. The number of esters is 1. The Hall–Kier alpha value is -2.81. The second kappa shape index (κ2) is 14.7. The second-order valence-corrected chi connectivity index (χ2v) is 19.6. The van der Waals surface area contributed by atoms with E-state index in [4.69, 9.17) is 4.43 Å². The Morgan fingerprint density at radius 3 is 1.89 bits per heavy atom. The molecule has 2 unspecified atom stereocenters. The summed E-state index contributed by atoms with van der Waals surface area (Å²) in [5.74, 6) is 1.59. The summed E-state index contributed by atoms with van der Waals surface area (Å²) in [6, 6.07) is 22.0. The van der Waals surface area contributed by atoms with E-state index in [2.05, 4.69) is 107 Å². The molecule has 8 nitrogen and oxygen atoms in total. The normalized spacial score (nSPS) is 19.8. The molecule has 1 amide bonds. The average Bonchev–Trinajstić information content (AvgIpc) is 2.99. The number of methoxy groups -OCH3 is 1. The first kappa shape index (κ1) is 38.6. The summed E-state index contributed by atoms with van der Waals surface area (Å²) in [6.45, 7) is 9.44. The second-order valence-electron chi connectivity index (χ2n) is 12.4. The molecular weight excluding hydrogens is 685 g/mol. The van der Waals surface area contributed by atoms with Gasteiger partial charge < -0.3 is 14.5 Å². The minimum absolute atomic E-state index is 0.0574. The first-order chi connectivity index (χ1) is 21.7. The topological polar surface area (TPSA) is 91.7 Å². The van der Waals surface area contributed by atoms with Gasteiger partial charge >= 0.3 is 44.9 Å². The Morgan fingerprint density at radius 2 is 1.40 bits per heavy atom. The Morgan fingerprint density at radius 1 is 0.915 bits per heavy atom. The number of benzene rings is 2. The van der Waals surface area contributed by atoms with E-state index < -0.39 is 22.1 Å². The number of rotatable bonds is 11. The molecule has 2 aromatic rings. The molecule has 2 heterocycles. The van der Waals surface area contributed by atoms with E-state index in [1.807, 2.05) is 0 Å². The Balaban J connectivity index is 0.000000771. The van der Waals surface area contributed by atoms with Crippen LogP contribution in [0, 0.1) is 0 Å². The van der Waals surface area contributed by atoms with Gasteiger partial charge in [0.15, 0.2) is 0 Å². The van der Waals surface area contributed by atoms with Crippen LogP contribution in [0.1, 0.15) is 33.6 Å². The van der Waals surface area contributed by atoms with Gasteiger partial charge in [0, 0.05) is 18.6 Å². The molecular formula is C30H43F6N4O4PSSi. The van der Waals surface area contributed by atoms with Crippen LogP contribution in [0.2, 0.25) is 5.04 Å². The number of carbonyl (C=O) groups is 2. The fourth-order valence-electron chi connectivity index (χ4n) is 5.54. The van der Waals surface area contributed by atoms with Crippen LogP contribution in [0.15, 0.2) is 60.7 Å². The molecule has 0 bridgehead atoms. The molecule has 0 aliphatic carbocycles. The summed E-state index contributed by atoms with van der Waals surface area (Å²) in [5.41, 5.74) is 0. The fraction of sp³-hybridized carbons (Fsp3) is 0.500. The average molecular weight is 729 g/mol. The van der Waals surface area contributed by atoms with Gasteiger partial charge in [0.1, 0.15) is 6.54 Å². The quantitative estimate of drug-likeness (QED) is 0.0981. The van der Waals surface area contributed by atoms with Crippen molar-refractivity contribution in [1.82, 2.24) is 16.0 Å². The summed E-state index contributed by atoms with van der Waals surface area (Å²) in [7, 11) is -11.9. The number of nitrogens with zero attached hydrogens (tertiary/aromatic N) is 1. The van der Waals surface area contributed by atoms with Gasteiger partial charge in [0.2, 0.25) is 5.91 Å². The maximum atomic E-state index is 12.0. The minimum atomic E-state index is -10.7. The van der Waals surface area contributed by atoms with E-state index in [0.717, 1.165) is 37.6 Å². The van der Waals surface area contributed by atoms with E-state index >= 15 is 0 Å². The summed E-state index contributed by atoms with van der Waals surface area (Å²) >= 11 is 1.57. The van der Waals surface area contributed by atoms with Crippen LogP contribution >= 0.6 is 19.6 Å². The number of halogens is 6. The van der Waals surface area contributed by atoms with Crippen molar-refractivity contribution in [3.05, 3.63) is 60.7 Å². The Bertz CT molecular complexity index is 1350. The van der Waals surface area contributed by atoms with Crippen molar-refractivity contribution in [2.45, 2.75) is 50.7 Å². The van der Waals surface area contributed by atoms with E-state index in [-0.39, 0.29) is 29.6 Å². The fourth-order valence-corrected chi connectivity index (χ4v) is 11.1. The number of guanidine groups is 1. The zero-order valence-corrected chi connectivity index (χ0v) is 29.5. The first-order valence-electron chi connectivity index (χ1n) is 15.1. The van der Waals surface area contributed by atoms with Crippen LogP contribution in [0.4, 0.5) is 25.2 Å². The molecule has 2 atom stereocenters. The van der Waals surface area contributed by atoms with Crippen molar-refractivity contribution < 1.29 is 48.5 Å². The third kappa shape index (κ3) is 13.0. The molecule has 2 aliphatic heterocycles. The van der Waals surface area contributed by atoms with Crippen molar-refractivity contribution in [3.8, 4) is 0 Å². The number of ether oxygens (including phenoxy) is 1. The number of hydrogen-bond donors (Lipinski definition) is 3. The van der Waals surface area contributed by atoms with Gasteiger partial charge in [-0.05, 0) is 15.4 Å². The van der Waals surface area contributed by atoms with Gasteiger partial charge in [-0.15, -0.1) is 11.8 Å². The molecule has 47 heavy (non-hydrogen) atoms. The monoisotopic (exact) mass is 728 g/mol. The van der Waals surface area contributed by atoms with E-state index in [1.54, 1.807) is 11.8 Å². The van der Waals surface area contributed by atoms with Crippen LogP contribution in [0.5, 0.6) is 0 Å². The van der Waals surface area contributed by atoms with Crippen molar-refractivity contribution in [2.24, 2.45) is 0 Å². The SMILES string of the molecule is COC(=O)CNC(=O)CSCC1CC[N+]2=C(NC(CO[Si](c3ccccc3)(c3ccccc3)C(C)(C)C)CC2)N1.F[P-](F)(F)(F)(F)F. The molecule has 0 radical (unpaired) electrons. The number of hydrogen-bond acceptors (Lipinski definition) is 7. The third-order valence-electron chi connectivity index (χ3n) is 7.62. The molecule has 2 aliphatic rings. The summed E-state index contributed by atoms with van der Waals surface area (Å²) in [5, 5.41) is 12.5. The number of amides is 1. The predicted octanol–water partition coefficient (Wildman–Crippen LogP) is 5.06. The molecule has 0 spiro atoms. The molecule has 2 aromatic carbocycles. The van der Waals surface area contributed by atoms with Crippen molar-refractivity contribution in [2.75, 3.05) is 44.9 Å². The summed E-state index contributed by atoms with van der Waals surface area (Å²) in [4.78, 5) is 23.2. The number of nitrogens with one attached hydrogen (secondary N) is 3. The predicted molar refractivity (Wildman–Crippen MR) is 178 cm³/mol. The molecule has 264 valence electrons. The Kier molecular flexibility index (Phi) is 12.1.